The SMILES string of the molecule is Cc1cccc(F)c1-n1cc(-c2ncncc2OC[C@H]2CCC[C@@H](N)C2)cn1. The highest BCUT2D eigenvalue weighted by molar-refractivity contribution is 5.64. The van der Waals surface area contributed by atoms with Crippen LogP contribution in [0.4, 0.5) is 4.39 Å². The highest BCUT2D eigenvalue weighted by Crippen LogP contribution is 2.30. The second-order valence-corrected chi connectivity index (χ2v) is 7.42. The molecule has 2 atom stereocenters. The third kappa shape index (κ3) is 3.89. The predicted octanol–water partition coefficient (Wildman–Crippen LogP) is 3.67. The maximum absolute atomic E-state index is 14.3. The fraction of sp³-hybridized carbons (Fsp3) is 0.381. The van der Waals surface area contributed by atoms with Gasteiger partial charge in [-0.15, -0.1) is 0 Å². The first-order valence-corrected chi connectivity index (χ1v) is 9.60. The number of halogens is 1. The molecule has 146 valence electrons. The second kappa shape index (κ2) is 8.06. The van der Waals surface area contributed by atoms with E-state index >= 15 is 0 Å². The van der Waals surface area contributed by atoms with Gasteiger partial charge in [0.05, 0.1) is 19.0 Å². The van der Waals surface area contributed by atoms with Crippen molar-refractivity contribution < 1.29 is 9.13 Å². The second-order valence-electron chi connectivity index (χ2n) is 7.42. The lowest BCUT2D eigenvalue weighted by Gasteiger charge is -2.26. The minimum Gasteiger partial charge on any atom is -0.489 e. The fourth-order valence-corrected chi connectivity index (χ4v) is 3.81. The zero-order valence-corrected chi connectivity index (χ0v) is 15.9. The van der Waals surface area contributed by atoms with Crippen LogP contribution in [0, 0.1) is 18.7 Å². The number of benzene rings is 1. The van der Waals surface area contributed by atoms with Gasteiger partial charge in [-0.1, -0.05) is 18.6 Å². The van der Waals surface area contributed by atoms with Gasteiger partial charge in [-0.2, -0.15) is 5.10 Å². The monoisotopic (exact) mass is 381 g/mol. The number of para-hydroxylation sites is 1. The Morgan fingerprint density at radius 2 is 2.18 bits per heavy atom. The Balaban J connectivity index is 1.56. The number of nitrogens with zero attached hydrogens (tertiary/aromatic N) is 4. The number of rotatable bonds is 5. The summed E-state index contributed by atoms with van der Waals surface area (Å²) in [6.45, 7) is 2.45. The van der Waals surface area contributed by atoms with Crippen LogP contribution in [0.1, 0.15) is 31.2 Å². The number of nitrogens with two attached hydrogens (primary N) is 1. The molecule has 0 saturated heterocycles. The summed E-state index contributed by atoms with van der Waals surface area (Å²) in [7, 11) is 0. The van der Waals surface area contributed by atoms with Crippen LogP contribution in [0.3, 0.4) is 0 Å². The van der Waals surface area contributed by atoms with Gasteiger partial charge in [0, 0.05) is 17.8 Å². The lowest BCUT2D eigenvalue weighted by Crippen LogP contribution is -2.30. The molecule has 0 aliphatic heterocycles. The van der Waals surface area contributed by atoms with E-state index in [0.29, 0.717) is 29.7 Å². The lowest BCUT2D eigenvalue weighted by atomic mass is 9.87. The minimum atomic E-state index is -0.317. The molecule has 0 amide bonds. The molecule has 4 rings (SSSR count). The molecular weight excluding hydrogens is 357 g/mol. The van der Waals surface area contributed by atoms with Gasteiger partial charge in [0.1, 0.15) is 23.5 Å². The van der Waals surface area contributed by atoms with Crippen LogP contribution < -0.4 is 10.5 Å². The van der Waals surface area contributed by atoms with E-state index in [1.54, 1.807) is 24.7 Å². The Kier molecular flexibility index (Phi) is 5.34. The van der Waals surface area contributed by atoms with E-state index in [-0.39, 0.29) is 11.9 Å². The summed E-state index contributed by atoms with van der Waals surface area (Å²) in [5.74, 6) is 0.731. The van der Waals surface area contributed by atoms with E-state index in [0.717, 1.165) is 36.8 Å². The molecule has 28 heavy (non-hydrogen) atoms. The standard InChI is InChI=1S/C21H24FN5O/c1-14-4-2-7-18(22)21(14)27-11-16(9-26-27)20-19(10-24-13-25-20)28-12-15-5-3-6-17(23)8-15/h2,4,7,9-11,13,15,17H,3,5-6,8,12,23H2,1H3/t15-,17+/m0/s1. The molecule has 0 unspecified atom stereocenters. The van der Waals surface area contributed by atoms with Crippen molar-refractivity contribution in [3.8, 4) is 22.7 Å². The van der Waals surface area contributed by atoms with E-state index in [9.17, 15) is 4.39 Å². The van der Waals surface area contributed by atoms with Gasteiger partial charge in [0.15, 0.2) is 5.75 Å². The molecule has 1 aliphatic carbocycles. The predicted molar refractivity (Wildman–Crippen MR) is 105 cm³/mol. The van der Waals surface area contributed by atoms with E-state index in [2.05, 4.69) is 15.1 Å². The van der Waals surface area contributed by atoms with Gasteiger partial charge in [0.25, 0.3) is 0 Å². The third-order valence-electron chi connectivity index (χ3n) is 5.25. The summed E-state index contributed by atoms with van der Waals surface area (Å²) >= 11 is 0. The number of hydrogen-bond donors (Lipinski definition) is 1. The van der Waals surface area contributed by atoms with Crippen LogP contribution in [0.2, 0.25) is 0 Å². The number of aromatic nitrogens is 4. The van der Waals surface area contributed by atoms with Crippen molar-refractivity contribution in [3.63, 3.8) is 0 Å². The average Bonchev–Trinajstić information content (AvgIpc) is 3.16. The Morgan fingerprint density at radius 3 is 3.00 bits per heavy atom. The molecule has 3 aromatic rings. The van der Waals surface area contributed by atoms with Crippen molar-refractivity contribution >= 4 is 0 Å². The van der Waals surface area contributed by atoms with Crippen molar-refractivity contribution in [2.24, 2.45) is 11.7 Å². The summed E-state index contributed by atoms with van der Waals surface area (Å²) in [5, 5.41) is 4.33. The number of hydrogen-bond acceptors (Lipinski definition) is 5. The van der Waals surface area contributed by atoms with Crippen molar-refractivity contribution in [1.29, 1.82) is 0 Å². The molecule has 1 aromatic carbocycles. The molecule has 0 spiro atoms. The van der Waals surface area contributed by atoms with Gasteiger partial charge in [0.2, 0.25) is 0 Å². The van der Waals surface area contributed by atoms with Crippen LogP contribution in [-0.4, -0.2) is 32.4 Å². The first kappa shape index (κ1) is 18.6. The first-order chi connectivity index (χ1) is 13.6. The molecule has 2 aromatic heterocycles. The zero-order chi connectivity index (χ0) is 19.5. The molecule has 0 radical (unpaired) electrons. The Bertz CT molecular complexity index is 937. The third-order valence-corrected chi connectivity index (χ3v) is 5.25. The lowest BCUT2D eigenvalue weighted by molar-refractivity contribution is 0.197. The topological polar surface area (TPSA) is 78.8 Å². The highest BCUT2D eigenvalue weighted by atomic mass is 19.1. The molecule has 7 heteroatoms. The molecule has 1 saturated carbocycles. The van der Waals surface area contributed by atoms with Crippen molar-refractivity contribution in [3.05, 3.63) is 54.5 Å². The van der Waals surface area contributed by atoms with Gasteiger partial charge in [-0.05, 0) is 43.7 Å². The summed E-state index contributed by atoms with van der Waals surface area (Å²) in [6.07, 6.45) is 10.9. The van der Waals surface area contributed by atoms with Crippen molar-refractivity contribution in [1.82, 2.24) is 19.7 Å². The molecule has 2 N–H and O–H groups in total. The van der Waals surface area contributed by atoms with Crippen LogP contribution >= 0.6 is 0 Å². The molecule has 2 heterocycles. The fourth-order valence-electron chi connectivity index (χ4n) is 3.81. The Hall–Kier alpha value is -2.80. The summed E-state index contributed by atoms with van der Waals surface area (Å²) in [6, 6.07) is 5.23. The van der Waals surface area contributed by atoms with Crippen molar-refractivity contribution in [2.75, 3.05) is 6.61 Å². The maximum Gasteiger partial charge on any atom is 0.163 e. The van der Waals surface area contributed by atoms with Gasteiger partial charge < -0.3 is 10.5 Å². The minimum absolute atomic E-state index is 0.260. The zero-order valence-electron chi connectivity index (χ0n) is 15.9. The normalized spacial score (nSPS) is 19.5. The van der Waals surface area contributed by atoms with Crippen LogP contribution in [0.25, 0.3) is 16.9 Å². The maximum atomic E-state index is 14.3. The molecule has 1 fully saturated rings. The van der Waals surface area contributed by atoms with Gasteiger partial charge >= 0.3 is 0 Å². The van der Waals surface area contributed by atoms with E-state index in [1.165, 1.54) is 17.1 Å². The summed E-state index contributed by atoms with van der Waals surface area (Å²) in [5.41, 5.74) is 8.71. The van der Waals surface area contributed by atoms with Gasteiger partial charge in [-0.3, -0.25) is 0 Å². The largest absolute Gasteiger partial charge is 0.489 e. The number of ether oxygens (including phenoxy) is 1. The number of aryl methyl sites for hydroxylation is 1. The molecule has 6 nitrogen and oxygen atoms in total. The molecule has 0 bridgehead atoms. The smallest absolute Gasteiger partial charge is 0.163 e. The quantitative estimate of drug-likeness (QED) is 0.729. The Labute approximate surface area is 163 Å². The van der Waals surface area contributed by atoms with E-state index < -0.39 is 0 Å². The molecule has 1 aliphatic rings. The Morgan fingerprint density at radius 1 is 1.29 bits per heavy atom. The van der Waals surface area contributed by atoms with Crippen molar-refractivity contribution in [2.45, 2.75) is 38.6 Å². The van der Waals surface area contributed by atoms with Gasteiger partial charge in [-0.25, -0.2) is 19.0 Å². The van der Waals surface area contributed by atoms with Crippen LogP contribution in [0.5, 0.6) is 5.75 Å². The van der Waals surface area contributed by atoms with Crippen LogP contribution in [-0.2, 0) is 0 Å². The average molecular weight is 381 g/mol. The van der Waals surface area contributed by atoms with E-state index in [4.69, 9.17) is 10.5 Å². The molecular formula is C21H24FN5O. The summed E-state index contributed by atoms with van der Waals surface area (Å²) in [4.78, 5) is 8.47. The highest BCUT2D eigenvalue weighted by Gasteiger charge is 2.21. The summed E-state index contributed by atoms with van der Waals surface area (Å²) < 4.78 is 21.8. The van der Waals surface area contributed by atoms with Crippen LogP contribution in [0.15, 0.2) is 43.1 Å². The first-order valence-electron chi connectivity index (χ1n) is 9.60. The van der Waals surface area contributed by atoms with E-state index in [1.807, 2.05) is 13.0 Å².